The molecule has 0 spiro atoms. The summed E-state index contributed by atoms with van der Waals surface area (Å²) >= 11 is 0. The van der Waals surface area contributed by atoms with Crippen molar-refractivity contribution in [2.45, 2.75) is 0 Å². The van der Waals surface area contributed by atoms with Crippen LogP contribution in [0.1, 0.15) is 0 Å². The summed E-state index contributed by atoms with van der Waals surface area (Å²) in [6, 6.07) is 13.6. The van der Waals surface area contributed by atoms with Crippen LogP contribution in [-0.2, 0) is 7.05 Å². The summed E-state index contributed by atoms with van der Waals surface area (Å²) in [6.45, 7) is 0. The Hall–Kier alpha value is -4.93. The van der Waals surface area contributed by atoms with Crippen molar-refractivity contribution in [2.24, 2.45) is 7.05 Å². The molecule has 0 aliphatic heterocycles. The minimum Gasteiger partial charge on any atom is -0.321 e. The third-order valence-corrected chi connectivity index (χ3v) is 5.27. The molecule has 0 atom stereocenters. The number of aromatic nitrogens is 9. The summed E-state index contributed by atoms with van der Waals surface area (Å²) in [5, 5.41) is 20.4. The first-order valence-corrected chi connectivity index (χ1v) is 10.4. The highest BCUT2D eigenvalue weighted by Crippen LogP contribution is 2.25. The highest BCUT2D eigenvalue weighted by atomic mass is 19.1. The van der Waals surface area contributed by atoms with Gasteiger partial charge in [-0.1, -0.05) is 0 Å². The zero-order valence-electron chi connectivity index (χ0n) is 17.9. The maximum absolute atomic E-state index is 13.4. The van der Waals surface area contributed by atoms with E-state index in [-0.39, 0.29) is 5.82 Å². The molecule has 0 saturated carbocycles. The molecule has 0 bridgehead atoms. The lowest BCUT2D eigenvalue weighted by atomic mass is 10.2. The summed E-state index contributed by atoms with van der Waals surface area (Å²) in [5.74, 6) is 0.780. The van der Waals surface area contributed by atoms with Crippen molar-refractivity contribution in [2.75, 3.05) is 5.32 Å². The molecular weight excluding hydrogens is 435 g/mol. The Balaban J connectivity index is 1.34. The minimum absolute atomic E-state index is 0.304. The van der Waals surface area contributed by atoms with Crippen LogP contribution in [-0.4, -0.2) is 44.1 Å². The molecular formula is C23H17FN10. The molecule has 5 heterocycles. The SMILES string of the molecule is Cn1cc(Nc2nccc(-c3ccn4c(-c5ccnn5-c5ccc(F)cc5)nnc4c3)n2)cn1. The van der Waals surface area contributed by atoms with Crippen LogP contribution in [0, 0.1) is 5.82 Å². The minimum atomic E-state index is -0.304. The summed E-state index contributed by atoms with van der Waals surface area (Å²) < 4.78 is 18.6. The highest BCUT2D eigenvalue weighted by Gasteiger charge is 2.15. The van der Waals surface area contributed by atoms with E-state index in [9.17, 15) is 4.39 Å². The van der Waals surface area contributed by atoms with Crippen LogP contribution in [0.25, 0.3) is 34.1 Å². The van der Waals surface area contributed by atoms with Crippen LogP contribution in [0.15, 0.2) is 79.5 Å². The van der Waals surface area contributed by atoms with Crippen LogP contribution < -0.4 is 5.32 Å². The number of rotatable bonds is 5. The summed E-state index contributed by atoms with van der Waals surface area (Å²) in [5.41, 5.74) is 4.52. The van der Waals surface area contributed by atoms with E-state index in [2.05, 4.69) is 35.7 Å². The normalized spacial score (nSPS) is 11.2. The summed E-state index contributed by atoms with van der Waals surface area (Å²) in [4.78, 5) is 8.90. The van der Waals surface area contributed by atoms with E-state index in [0.29, 0.717) is 17.4 Å². The molecule has 0 fully saturated rings. The fraction of sp³-hybridized carbons (Fsp3) is 0.0435. The molecule has 6 rings (SSSR count). The Morgan fingerprint density at radius 2 is 1.82 bits per heavy atom. The van der Waals surface area contributed by atoms with Gasteiger partial charge in [-0.05, 0) is 48.5 Å². The third-order valence-electron chi connectivity index (χ3n) is 5.27. The first-order valence-electron chi connectivity index (χ1n) is 10.4. The molecule has 10 nitrogen and oxygen atoms in total. The Labute approximate surface area is 192 Å². The molecule has 0 saturated heterocycles. The fourth-order valence-electron chi connectivity index (χ4n) is 3.68. The van der Waals surface area contributed by atoms with Gasteiger partial charge >= 0.3 is 0 Å². The van der Waals surface area contributed by atoms with Crippen LogP contribution in [0.3, 0.4) is 0 Å². The fourth-order valence-corrected chi connectivity index (χ4v) is 3.68. The molecule has 0 aliphatic rings. The van der Waals surface area contributed by atoms with Gasteiger partial charge in [-0.25, -0.2) is 19.0 Å². The Bertz CT molecular complexity index is 1610. The smallest absolute Gasteiger partial charge is 0.227 e. The van der Waals surface area contributed by atoms with E-state index in [1.54, 1.807) is 40.1 Å². The predicted octanol–water partition coefficient (Wildman–Crippen LogP) is 3.66. The standard InChI is InChI=1S/C23H17FN10/c1-32-14-17(13-27-32)28-23-25-9-6-19(29-23)15-8-11-33-21(12-15)30-31-22(33)20-7-10-26-34(20)18-4-2-16(24)3-5-18/h2-14H,1H3,(H,25,28,29). The van der Waals surface area contributed by atoms with Gasteiger partial charge < -0.3 is 5.32 Å². The lowest BCUT2D eigenvalue weighted by Gasteiger charge is -2.07. The Morgan fingerprint density at radius 3 is 2.65 bits per heavy atom. The molecule has 166 valence electrons. The zero-order chi connectivity index (χ0) is 23.1. The van der Waals surface area contributed by atoms with E-state index < -0.39 is 0 Å². The van der Waals surface area contributed by atoms with Crippen molar-refractivity contribution in [3.63, 3.8) is 0 Å². The lowest BCUT2D eigenvalue weighted by Crippen LogP contribution is -2.01. The number of fused-ring (bicyclic) bond motifs is 1. The quantitative estimate of drug-likeness (QED) is 0.426. The predicted molar refractivity (Wildman–Crippen MR) is 123 cm³/mol. The van der Waals surface area contributed by atoms with Crippen LogP contribution >= 0.6 is 0 Å². The monoisotopic (exact) mass is 452 g/mol. The number of nitrogens with zero attached hydrogens (tertiary/aromatic N) is 9. The van der Waals surface area contributed by atoms with Crippen LogP contribution in [0.5, 0.6) is 0 Å². The van der Waals surface area contributed by atoms with Gasteiger partial charge in [0, 0.05) is 31.2 Å². The maximum Gasteiger partial charge on any atom is 0.227 e. The molecule has 0 unspecified atom stereocenters. The van der Waals surface area contributed by atoms with Crippen molar-refractivity contribution < 1.29 is 4.39 Å². The molecule has 6 aromatic rings. The van der Waals surface area contributed by atoms with Crippen molar-refractivity contribution in [3.8, 4) is 28.5 Å². The van der Waals surface area contributed by atoms with Crippen LogP contribution in [0.2, 0.25) is 0 Å². The van der Waals surface area contributed by atoms with E-state index in [1.807, 2.05) is 48.1 Å². The molecule has 34 heavy (non-hydrogen) atoms. The molecule has 0 amide bonds. The van der Waals surface area contributed by atoms with Gasteiger partial charge in [0.2, 0.25) is 5.95 Å². The van der Waals surface area contributed by atoms with E-state index in [0.717, 1.165) is 28.3 Å². The second-order valence-corrected chi connectivity index (χ2v) is 7.57. The third kappa shape index (κ3) is 3.54. The largest absolute Gasteiger partial charge is 0.321 e. The molecule has 1 N–H and O–H groups in total. The van der Waals surface area contributed by atoms with Crippen molar-refractivity contribution >= 4 is 17.3 Å². The Morgan fingerprint density at radius 1 is 0.941 bits per heavy atom. The number of benzene rings is 1. The lowest BCUT2D eigenvalue weighted by molar-refractivity contribution is 0.627. The van der Waals surface area contributed by atoms with Crippen molar-refractivity contribution in [1.29, 1.82) is 0 Å². The number of anilines is 2. The van der Waals surface area contributed by atoms with Crippen molar-refractivity contribution in [1.82, 2.24) is 44.1 Å². The number of nitrogens with one attached hydrogen (secondary N) is 1. The van der Waals surface area contributed by atoms with Gasteiger partial charge in [-0.15, -0.1) is 10.2 Å². The van der Waals surface area contributed by atoms with E-state index in [4.69, 9.17) is 0 Å². The first kappa shape index (κ1) is 19.7. The molecule has 11 heteroatoms. The molecule has 0 aliphatic carbocycles. The molecule has 5 aromatic heterocycles. The van der Waals surface area contributed by atoms with Crippen molar-refractivity contribution in [3.05, 3.63) is 85.3 Å². The summed E-state index contributed by atoms with van der Waals surface area (Å²) in [6.07, 6.45) is 8.80. The van der Waals surface area contributed by atoms with Gasteiger partial charge in [-0.2, -0.15) is 10.2 Å². The number of hydrogen-bond acceptors (Lipinski definition) is 7. The number of aryl methyl sites for hydroxylation is 1. The number of halogens is 1. The summed E-state index contributed by atoms with van der Waals surface area (Å²) in [7, 11) is 1.84. The van der Waals surface area contributed by atoms with Gasteiger partial charge in [0.25, 0.3) is 0 Å². The maximum atomic E-state index is 13.4. The topological polar surface area (TPSA) is 104 Å². The van der Waals surface area contributed by atoms with Gasteiger partial charge in [-0.3, -0.25) is 9.08 Å². The van der Waals surface area contributed by atoms with Crippen LogP contribution in [0.4, 0.5) is 16.0 Å². The molecule has 0 radical (unpaired) electrons. The number of pyridine rings is 1. The van der Waals surface area contributed by atoms with Gasteiger partial charge in [0.05, 0.1) is 29.5 Å². The highest BCUT2D eigenvalue weighted by molar-refractivity contribution is 5.67. The van der Waals surface area contributed by atoms with E-state index in [1.165, 1.54) is 12.1 Å². The first-order chi connectivity index (χ1) is 16.6. The molecule has 1 aromatic carbocycles. The Kier molecular flexibility index (Phi) is 4.58. The zero-order valence-corrected chi connectivity index (χ0v) is 17.9. The number of hydrogen-bond donors (Lipinski definition) is 1. The average Bonchev–Trinajstić information content (AvgIpc) is 3.59. The van der Waals surface area contributed by atoms with Gasteiger partial charge in [0.1, 0.15) is 11.5 Å². The average molecular weight is 452 g/mol. The second kappa shape index (κ2) is 7.89. The van der Waals surface area contributed by atoms with E-state index >= 15 is 0 Å². The second-order valence-electron chi connectivity index (χ2n) is 7.57. The van der Waals surface area contributed by atoms with Gasteiger partial charge in [0.15, 0.2) is 11.5 Å².